The van der Waals surface area contributed by atoms with E-state index >= 15 is 0 Å². The van der Waals surface area contributed by atoms with Gasteiger partial charge in [0.2, 0.25) is 0 Å². The summed E-state index contributed by atoms with van der Waals surface area (Å²) in [7, 11) is 0. The van der Waals surface area contributed by atoms with Crippen molar-refractivity contribution in [1.29, 1.82) is 0 Å². The minimum absolute atomic E-state index is 0. The van der Waals surface area contributed by atoms with Crippen molar-refractivity contribution in [3.63, 3.8) is 0 Å². The van der Waals surface area contributed by atoms with E-state index in [-0.39, 0.29) is 18.3 Å². The van der Waals surface area contributed by atoms with Gasteiger partial charge in [-0.05, 0) is 56.1 Å². The maximum absolute atomic E-state index is 11.8. The van der Waals surface area contributed by atoms with Crippen molar-refractivity contribution < 1.29 is 4.79 Å². The normalized spacial score (nSPS) is 18.2. The van der Waals surface area contributed by atoms with Gasteiger partial charge in [0.25, 0.3) is 5.91 Å². The second kappa shape index (κ2) is 7.77. The van der Waals surface area contributed by atoms with Crippen LogP contribution in [0.3, 0.4) is 0 Å². The Morgan fingerprint density at radius 3 is 2.72 bits per heavy atom. The molecule has 18 heavy (non-hydrogen) atoms. The van der Waals surface area contributed by atoms with Gasteiger partial charge in [0.1, 0.15) is 0 Å². The van der Waals surface area contributed by atoms with E-state index in [0.717, 1.165) is 42.0 Å². The molecular weight excluding hydrogens is 316 g/mol. The van der Waals surface area contributed by atoms with Gasteiger partial charge in [0.05, 0.1) is 0 Å². The van der Waals surface area contributed by atoms with Gasteiger partial charge in [-0.15, -0.1) is 12.4 Å². The van der Waals surface area contributed by atoms with E-state index in [1.54, 1.807) is 0 Å². The molecule has 1 saturated heterocycles. The van der Waals surface area contributed by atoms with Gasteiger partial charge in [0, 0.05) is 16.6 Å². The molecule has 1 unspecified atom stereocenters. The highest BCUT2D eigenvalue weighted by atomic mass is 79.9. The quantitative estimate of drug-likeness (QED) is 0.889. The van der Waals surface area contributed by atoms with Gasteiger partial charge >= 0.3 is 0 Å². The number of rotatable bonds is 4. The van der Waals surface area contributed by atoms with Crippen LogP contribution in [-0.4, -0.2) is 25.5 Å². The van der Waals surface area contributed by atoms with Gasteiger partial charge < -0.3 is 10.6 Å². The van der Waals surface area contributed by atoms with Crippen LogP contribution in [0.4, 0.5) is 0 Å². The second-order valence-corrected chi connectivity index (χ2v) is 5.33. The lowest BCUT2D eigenvalue weighted by Crippen LogP contribution is -2.26. The zero-order chi connectivity index (χ0) is 12.1. The number of carbonyl (C=O) groups is 1. The highest BCUT2D eigenvalue weighted by molar-refractivity contribution is 9.10. The molecule has 1 aliphatic heterocycles. The van der Waals surface area contributed by atoms with Crippen molar-refractivity contribution in [2.24, 2.45) is 5.92 Å². The van der Waals surface area contributed by atoms with Gasteiger partial charge in [-0.2, -0.15) is 0 Å². The summed E-state index contributed by atoms with van der Waals surface area (Å²) < 4.78 is 0.992. The molecule has 0 radical (unpaired) electrons. The predicted octanol–water partition coefficient (Wildman–Crippen LogP) is 2.60. The molecule has 0 spiro atoms. The molecule has 1 aromatic rings. The number of hydrogen-bond donors (Lipinski definition) is 2. The third kappa shape index (κ3) is 4.59. The fraction of sp³-hybridized carbons (Fsp3) is 0.462. The summed E-state index contributed by atoms with van der Waals surface area (Å²) in [4.78, 5) is 11.8. The zero-order valence-corrected chi connectivity index (χ0v) is 12.5. The van der Waals surface area contributed by atoms with Crippen LogP contribution in [0.5, 0.6) is 0 Å². The van der Waals surface area contributed by atoms with Crippen LogP contribution in [0, 0.1) is 5.92 Å². The van der Waals surface area contributed by atoms with E-state index in [1.807, 2.05) is 24.3 Å². The van der Waals surface area contributed by atoms with Crippen molar-refractivity contribution in [2.75, 3.05) is 19.6 Å². The molecule has 2 rings (SSSR count). The monoisotopic (exact) mass is 332 g/mol. The van der Waals surface area contributed by atoms with Crippen LogP contribution < -0.4 is 10.6 Å². The zero-order valence-electron chi connectivity index (χ0n) is 10.1. The Morgan fingerprint density at radius 1 is 1.39 bits per heavy atom. The Labute approximate surface area is 122 Å². The molecule has 100 valence electrons. The molecule has 0 aliphatic carbocycles. The first kappa shape index (κ1) is 15.5. The number of nitrogens with one attached hydrogen (secondary N) is 2. The van der Waals surface area contributed by atoms with Crippen molar-refractivity contribution in [1.82, 2.24) is 10.6 Å². The number of carbonyl (C=O) groups excluding carboxylic acids is 1. The van der Waals surface area contributed by atoms with E-state index < -0.39 is 0 Å². The molecule has 1 atom stereocenters. The third-order valence-electron chi connectivity index (χ3n) is 3.11. The Bertz CT molecular complexity index is 377. The van der Waals surface area contributed by atoms with Gasteiger partial charge in [-0.1, -0.05) is 15.9 Å². The highest BCUT2D eigenvalue weighted by Gasteiger charge is 2.14. The summed E-state index contributed by atoms with van der Waals surface area (Å²) in [6.07, 6.45) is 2.30. The topological polar surface area (TPSA) is 41.1 Å². The van der Waals surface area contributed by atoms with Crippen molar-refractivity contribution >= 4 is 34.2 Å². The van der Waals surface area contributed by atoms with Gasteiger partial charge in [0.15, 0.2) is 0 Å². The molecule has 3 nitrogen and oxygen atoms in total. The lowest BCUT2D eigenvalue weighted by atomic mass is 10.1. The molecule has 0 bridgehead atoms. The first-order valence-corrected chi connectivity index (χ1v) is 6.79. The Kier molecular flexibility index (Phi) is 6.68. The van der Waals surface area contributed by atoms with E-state index in [9.17, 15) is 4.79 Å². The number of hydrogen-bond acceptors (Lipinski definition) is 2. The van der Waals surface area contributed by atoms with Crippen LogP contribution in [0.25, 0.3) is 0 Å². The summed E-state index contributed by atoms with van der Waals surface area (Å²) in [5.74, 6) is 0.740. The van der Waals surface area contributed by atoms with Crippen molar-refractivity contribution in [3.05, 3.63) is 34.3 Å². The molecule has 5 heteroatoms. The summed E-state index contributed by atoms with van der Waals surface area (Å²) in [6, 6.07) is 7.43. The lowest BCUT2D eigenvalue weighted by Gasteiger charge is -2.09. The largest absolute Gasteiger partial charge is 0.352 e. The molecule has 1 fully saturated rings. The van der Waals surface area contributed by atoms with E-state index in [0.29, 0.717) is 0 Å². The van der Waals surface area contributed by atoms with Crippen molar-refractivity contribution in [3.8, 4) is 0 Å². The Balaban J connectivity index is 0.00000162. The molecule has 1 heterocycles. The summed E-state index contributed by atoms with van der Waals surface area (Å²) >= 11 is 3.35. The molecule has 1 aliphatic rings. The van der Waals surface area contributed by atoms with Crippen LogP contribution in [-0.2, 0) is 0 Å². The maximum atomic E-state index is 11.8. The minimum Gasteiger partial charge on any atom is -0.352 e. The van der Waals surface area contributed by atoms with E-state index in [2.05, 4.69) is 26.6 Å². The van der Waals surface area contributed by atoms with Crippen LogP contribution in [0.15, 0.2) is 28.7 Å². The summed E-state index contributed by atoms with van der Waals surface area (Å²) in [6.45, 7) is 2.97. The van der Waals surface area contributed by atoms with E-state index in [1.165, 1.54) is 6.42 Å². The molecule has 1 aromatic carbocycles. The average molecular weight is 334 g/mol. The number of amides is 1. The van der Waals surface area contributed by atoms with E-state index in [4.69, 9.17) is 0 Å². The number of halogens is 2. The van der Waals surface area contributed by atoms with Crippen LogP contribution in [0.2, 0.25) is 0 Å². The second-order valence-electron chi connectivity index (χ2n) is 4.41. The Morgan fingerprint density at radius 2 is 2.11 bits per heavy atom. The molecule has 2 N–H and O–H groups in total. The first-order chi connectivity index (χ1) is 8.25. The summed E-state index contributed by atoms with van der Waals surface area (Å²) in [5.41, 5.74) is 0.720. The van der Waals surface area contributed by atoms with Crippen molar-refractivity contribution in [2.45, 2.75) is 12.8 Å². The molecule has 0 aromatic heterocycles. The smallest absolute Gasteiger partial charge is 0.251 e. The van der Waals surface area contributed by atoms with Crippen LogP contribution >= 0.6 is 28.3 Å². The standard InChI is InChI=1S/C13H17BrN2O.ClH/c14-12-3-1-11(2-4-12)13(17)16-8-6-10-5-7-15-9-10;/h1-4,10,15H,5-9H2,(H,16,17);1H. The third-order valence-corrected chi connectivity index (χ3v) is 3.64. The minimum atomic E-state index is 0. The summed E-state index contributed by atoms with van der Waals surface area (Å²) in [5, 5.41) is 6.29. The fourth-order valence-electron chi connectivity index (χ4n) is 2.05. The molecular formula is C13H18BrClN2O. The fourth-order valence-corrected chi connectivity index (χ4v) is 2.32. The highest BCUT2D eigenvalue weighted by Crippen LogP contribution is 2.12. The van der Waals surface area contributed by atoms with Crippen LogP contribution in [0.1, 0.15) is 23.2 Å². The SMILES string of the molecule is Cl.O=C(NCCC1CCNC1)c1ccc(Br)cc1. The molecule has 1 amide bonds. The van der Waals surface area contributed by atoms with Gasteiger partial charge in [-0.25, -0.2) is 0 Å². The average Bonchev–Trinajstić information content (AvgIpc) is 2.83. The first-order valence-electron chi connectivity index (χ1n) is 6.00. The Hall–Kier alpha value is -0.580. The number of benzene rings is 1. The molecule has 0 saturated carbocycles. The predicted molar refractivity (Wildman–Crippen MR) is 79.3 cm³/mol. The van der Waals surface area contributed by atoms with Gasteiger partial charge in [-0.3, -0.25) is 4.79 Å². The lowest BCUT2D eigenvalue weighted by molar-refractivity contribution is 0.0951. The maximum Gasteiger partial charge on any atom is 0.251 e.